The summed E-state index contributed by atoms with van der Waals surface area (Å²) in [5, 5.41) is 9.63. The number of aliphatic hydroxyl groups excluding tert-OH is 1. The van der Waals surface area contributed by atoms with Gasteiger partial charge in [0.1, 0.15) is 0 Å². The van der Waals surface area contributed by atoms with Crippen LogP contribution in [0.3, 0.4) is 0 Å². The van der Waals surface area contributed by atoms with Gasteiger partial charge in [-0.3, -0.25) is 0 Å². The number of nitrogens with zero attached hydrogens (tertiary/aromatic N) is 2. The average molecular weight is 217 g/mol. The molecule has 84 valence electrons. The van der Waals surface area contributed by atoms with Crippen molar-refractivity contribution in [2.75, 3.05) is 18.0 Å². The molecule has 1 saturated heterocycles. The van der Waals surface area contributed by atoms with Crippen LogP contribution in [-0.2, 0) is 0 Å². The van der Waals surface area contributed by atoms with Crippen molar-refractivity contribution >= 4 is 17.0 Å². The third kappa shape index (κ3) is 1.65. The number of para-hydroxylation sites is 2. The number of H-pyrrole nitrogens is 1. The van der Waals surface area contributed by atoms with Gasteiger partial charge < -0.3 is 15.0 Å². The molecule has 0 amide bonds. The number of aromatic nitrogens is 2. The summed E-state index contributed by atoms with van der Waals surface area (Å²) in [6.07, 6.45) is 1.71. The fourth-order valence-corrected chi connectivity index (χ4v) is 2.24. The molecule has 2 N–H and O–H groups in total. The van der Waals surface area contributed by atoms with Crippen molar-refractivity contribution in [1.82, 2.24) is 9.97 Å². The second kappa shape index (κ2) is 3.79. The molecule has 0 aliphatic carbocycles. The fraction of sp³-hybridized carbons (Fsp3) is 0.417. The van der Waals surface area contributed by atoms with Crippen molar-refractivity contribution in [3.63, 3.8) is 0 Å². The number of hydrogen-bond donors (Lipinski definition) is 2. The van der Waals surface area contributed by atoms with Gasteiger partial charge in [0.25, 0.3) is 0 Å². The van der Waals surface area contributed by atoms with Crippen LogP contribution in [0.25, 0.3) is 11.0 Å². The zero-order valence-corrected chi connectivity index (χ0v) is 9.06. The number of benzene rings is 1. The van der Waals surface area contributed by atoms with E-state index in [4.69, 9.17) is 0 Å². The molecule has 1 aromatic carbocycles. The number of anilines is 1. The topological polar surface area (TPSA) is 52.1 Å². The molecular formula is C12H15N3O. The Labute approximate surface area is 93.9 Å². The molecule has 0 radical (unpaired) electrons. The highest BCUT2D eigenvalue weighted by Crippen LogP contribution is 2.20. The summed E-state index contributed by atoms with van der Waals surface area (Å²) in [6.45, 7) is 1.65. The molecule has 4 heteroatoms. The van der Waals surface area contributed by atoms with Crippen LogP contribution >= 0.6 is 0 Å². The molecule has 2 aromatic rings. The van der Waals surface area contributed by atoms with Crippen LogP contribution in [0.2, 0.25) is 0 Å². The molecule has 2 heterocycles. The molecule has 0 bridgehead atoms. The first-order valence-electron chi connectivity index (χ1n) is 5.71. The number of hydrogen-bond acceptors (Lipinski definition) is 3. The summed E-state index contributed by atoms with van der Waals surface area (Å²) in [7, 11) is 0. The minimum absolute atomic E-state index is 0.220. The maximum atomic E-state index is 9.63. The molecule has 16 heavy (non-hydrogen) atoms. The number of rotatable bonds is 1. The molecule has 1 atom stereocenters. The number of fused-ring (bicyclic) bond motifs is 1. The van der Waals surface area contributed by atoms with Gasteiger partial charge >= 0.3 is 0 Å². The van der Waals surface area contributed by atoms with Gasteiger partial charge in [0.15, 0.2) is 0 Å². The number of aliphatic hydroxyl groups is 1. The smallest absolute Gasteiger partial charge is 0.203 e. The van der Waals surface area contributed by atoms with Crippen LogP contribution in [0.1, 0.15) is 12.8 Å². The molecule has 0 spiro atoms. The molecular weight excluding hydrogens is 202 g/mol. The highest BCUT2D eigenvalue weighted by molar-refractivity contribution is 5.77. The lowest BCUT2D eigenvalue weighted by Crippen LogP contribution is -2.38. The standard InChI is InChI=1S/C12H15N3O/c16-9-4-3-7-15(8-9)12-13-10-5-1-2-6-11(10)14-12/h1-2,5-6,9,16H,3-4,7-8H2,(H,13,14)/t9-/m1/s1. The van der Waals surface area contributed by atoms with Crippen LogP contribution in [-0.4, -0.2) is 34.3 Å². The second-order valence-electron chi connectivity index (χ2n) is 4.32. The van der Waals surface area contributed by atoms with E-state index >= 15 is 0 Å². The Morgan fingerprint density at radius 3 is 3.06 bits per heavy atom. The van der Waals surface area contributed by atoms with Crippen molar-refractivity contribution in [3.8, 4) is 0 Å². The average Bonchev–Trinajstić information content (AvgIpc) is 2.72. The van der Waals surface area contributed by atoms with E-state index in [1.54, 1.807) is 0 Å². The quantitative estimate of drug-likeness (QED) is 0.761. The van der Waals surface area contributed by atoms with Crippen LogP contribution < -0.4 is 4.90 Å². The van der Waals surface area contributed by atoms with Crippen LogP contribution in [0.4, 0.5) is 5.95 Å². The summed E-state index contributed by atoms with van der Waals surface area (Å²) in [6, 6.07) is 8.00. The third-order valence-corrected chi connectivity index (χ3v) is 3.07. The van der Waals surface area contributed by atoms with Gasteiger partial charge in [0, 0.05) is 13.1 Å². The van der Waals surface area contributed by atoms with E-state index in [9.17, 15) is 5.11 Å². The predicted octanol–water partition coefficient (Wildman–Crippen LogP) is 1.52. The number of nitrogens with one attached hydrogen (secondary N) is 1. The summed E-state index contributed by atoms with van der Waals surface area (Å²) < 4.78 is 0. The van der Waals surface area contributed by atoms with E-state index in [0.717, 1.165) is 36.4 Å². The van der Waals surface area contributed by atoms with E-state index in [1.807, 2.05) is 24.3 Å². The summed E-state index contributed by atoms with van der Waals surface area (Å²) in [5.74, 6) is 0.875. The lowest BCUT2D eigenvalue weighted by Gasteiger charge is -2.29. The summed E-state index contributed by atoms with van der Waals surface area (Å²) >= 11 is 0. The Kier molecular flexibility index (Phi) is 2.29. The lowest BCUT2D eigenvalue weighted by molar-refractivity contribution is 0.153. The van der Waals surface area contributed by atoms with Gasteiger partial charge in [0.2, 0.25) is 5.95 Å². The van der Waals surface area contributed by atoms with Gasteiger partial charge in [-0.25, -0.2) is 4.98 Å². The summed E-state index contributed by atoms with van der Waals surface area (Å²) in [4.78, 5) is 9.94. The minimum atomic E-state index is -0.220. The maximum Gasteiger partial charge on any atom is 0.203 e. The first kappa shape index (κ1) is 9.66. The Morgan fingerprint density at radius 2 is 2.25 bits per heavy atom. The van der Waals surface area contributed by atoms with Gasteiger partial charge in [0.05, 0.1) is 17.1 Å². The zero-order valence-electron chi connectivity index (χ0n) is 9.06. The molecule has 1 aliphatic rings. The molecule has 1 fully saturated rings. The van der Waals surface area contributed by atoms with Gasteiger partial charge in [-0.05, 0) is 25.0 Å². The Hall–Kier alpha value is -1.55. The minimum Gasteiger partial charge on any atom is -0.391 e. The molecule has 0 saturated carbocycles. The van der Waals surface area contributed by atoms with Crippen LogP contribution in [0.15, 0.2) is 24.3 Å². The number of piperidine rings is 1. The van der Waals surface area contributed by atoms with Crippen molar-refractivity contribution in [2.45, 2.75) is 18.9 Å². The number of aromatic amines is 1. The second-order valence-corrected chi connectivity index (χ2v) is 4.32. The predicted molar refractivity (Wildman–Crippen MR) is 63.5 cm³/mol. The monoisotopic (exact) mass is 217 g/mol. The molecule has 3 rings (SSSR count). The van der Waals surface area contributed by atoms with E-state index in [2.05, 4.69) is 14.9 Å². The Balaban J connectivity index is 1.93. The van der Waals surface area contributed by atoms with Crippen molar-refractivity contribution in [2.24, 2.45) is 0 Å². The summed E-state index contributed by atoms with van der Waals surface area (Å²) in [5.41, 5.74) is 2.04. The fourth-order valence-electron chi connectivity index (χ4n) is 2.24. The Bertz CT molecular complexity index is 461. The lowest BCUT2D eigenvalue weighted by atomic mass is 10.1. The van der Waals surface area contributed by atoms with E-state index in [-0.39, 0.29) is 6.10 Å². The van der Waals surface area contributed by atoms with Gasteiger partial charge in [-0.1, -0.05) is 12.1 Å². The largest absolute Gasteiger partial charge is 0.391 e. The van der Waals surface area contributed by atoms with Crippen molar-refractivity contribution < 1.29 is 5.11 Å². The first-order valence-corrected chi connectivity index (χ1v) is 5.71. The van der Waals surface area contributed by atoms with E-state index in [1.165, 1.54) is 0 Å². The maximum absolute atomic E-state index is 9.63. The third-order valence-electron chi connectivity index (χ3n) is 3.07. The molecule has 1 aromatic heterocycles. The highest BCUT2D eigenvalue weighted by atomic mass is 16.3. The number of β-amino-alcohol motifs (C(OH)–C–C–N with tert-alkyl or cyclic N) is 1. The number of imidazole rings is 1. The molecule has 0 unspecified atom stereocenters. The SMILES string of the molecule is O[C@@H]1CCCN(c2nc3ccccc3[nH]2)C1. The van der Waals surface area contributed by atoms with Gasteiger partial charge in [-0.15, -0.1) is 0 Å². The zero-order chi connectivity index (χ0) is 11.0. The van der Waals surface area contributed by atoms with E-state index < -0.39 is 0 Å². The van der Waals surface area contributed by atoms with Crippen molar-refractivity contribution in [3.05, 3.63) is 24.3 Å². The highest BCUT2D eigenvalue weighted by Gasteiger charge is 2.19. The molecule has 1 aliphatic heterocycles. The van der Waals surface area contributed by atoms with E-state index in [0.29, 0.717) is 6.54 Å². The molecule has 4 nitrogen and oxygen atoms in total. The first-order chi connectivity index (χ1) is 7.83. The van der Waals surface area contributed by atoms with Crippen LogP contribution in [0, 0.1) is 0 Å². The van der Waals surface area contributed by atoms with Crippen molar-refractivity contribution in [1.29, 1.82) is 0 Å². The Morgan fingerprint density at radius 1 is 1.38 bits per heavy atom. The normalized spacial score (nSPS) is 21.6. The van der Waals surface area contributed by atoms with Gasteiger partial charge in [-0.2, -0.15) is 0 Å². The van der Waals surface area contributed by atoms with Crippen LogP contribution in [0.5, 0.6) is 0 Å².